The van der Waals surface area contributed by atoms with Gasteiger partial charge in [0.2, 0.25) is 7.28 Å². The van der Waals surface area contributed by atoms with Gasteiger partial charge in [-0.2, -0.15) is 0 Å². The van der Waals surface area contributed by atoms with Gasteiger partial charge in [-0.15, -0.1) is 0 Å². The number of hydrogen-bond acceptors (Lipinski definition) is 3. The van der Waals surface area contributed by atoms with Gasteiger partial charge < -0.3 is 14.8 Å². The van der Waals surface area contributed by atoms with Gasteiger partial charge in [0.15, 0.2) is 0 Å². The second-order valence-electron chi connectivity index (χ2n) is 9.34. The maximum absolute atomic E-state index is 13.1. The van der Waals surface area contributed by atoms with Gasteiger partial charge in [0, 0.05) is 13.0 Å². The van der Waals surface area contributed by atoms with Crippen LogP contribution >= 0.6 is 0 Å². The zero-order valence-corrected chi connectivity index (χ0v) is 17.9. The summed E-state index contributed by atoms with van der Waals surface area (Å²) in [4.78, 5) is 27.8. The lowest BCUT2D eigenvalue weighted by Crippen LogP contribution is -2.50. The highest BCUT2D eigenvalue weighted by atomic mass is 16.3. The van der Waals surface area contributed by atoms with Crippen LogP contribution < -0.4 is 5.46 Å². The van der Waals surface area contributed by atoms with Crippen molar-refractivity contribution in [1.29, 1.82) is 0 Å². The molecule has 1 amide bonds. The molecule has 0 bridgehead atoms. The monoisotopic (exact) mass is 412 g/mol. The minimum Gasteiger partial charge on any atom is -0.509 e. The lowest BCUT2D eigenvalue weighted by Gasteiger charge is -2.40. The highest BCUT2D eigenvalue weighted by molar-refractivity contribution is 6.88. The molecule has 1 radical (unpaired) electrons. The smallest absolute Gasteiger partial charge is 0.261 e. The molecule has 4 nitrogen and oxygen atoms in total. The van der Waals surface area contributed by atoms with Crippen molar-refractivity contribution in [2.24, 2.45) is 0 Å². The largest absolute Gasteiger partial charge is 0.509 e. The third-order valence-corrected chi connectivity index (χ3v) is 7.34. The Morgan fingerprint density at radius 3 is 2.42 bits per heavy atom. The number of aliphatic hydroxyl groups excluding tert-OH is 1. The summed E-state index contributed by atoms with van der Waals surface area (Å²) in [5.41, 5.74) is 2.88. The minimum absolute atomic E-state index is 0.0911. The molecule has 3 aliphatic rings. The molecular weight excluding hydrogens is 385 g/mol. The molecule has 0 saturated heterocycles. The van der Waals surface area contributed by atoms with Gasteiger partial charge in [-0.1, -0.05) is 73.3 Å². The second kappa shape index (κ2) is 7.70. The molecule has 1 N–H and O–H groups in total. The first kappa shape index (κ1) is 20.1. The van der Waals surface area contributed by atoms with E-state index in [-0.39, 0.29) is 17.2 Å². The number of benzene rings is 2. The first-order valence-corrected chi connectivity index (χ1v) is 11.3. The first-order chi connectivity index (χ1) is 15.0. The topological polar surface area (TPSA) is 57.6 Å². The van der Waals surface area contributed by atoms with Gasteiger partial charge in [0.1, 0.15) is 22.6 Å². The third-order valence-electron chi connectivity index (χ3n) is 7.34. The van der Waals surface area contributed by atoms with Crippen LogP contribution in [0.5, 0.6) is 0 Å². The van der Waals surface area contributed by atoms with Crippen molar-refractivity contribution in [3.05, 3.63) is 76.6 Å². The Bertz CT molecular complexity index is 1070. The summed E-state index contributed by atoms with van der Waals surface area (Å²) in [6.45, 7) is 2.25. The molecule has 1 aliphatic carbocycles. The van der Waals surface area contributed by atoms with E-state index in [0.717, 1.165) is 16.6 Å². The van der Waals surface area contributed by atoms with E-state index in [2.05, 4.69) is 12.1 Å². The van der Waals surface area contributed by atoms with Crippen LogP contribution in [0.3, 0.4) is 0 Å². The Hall–Kier alpha value is -2.82. The zero-order valence-electron chi connectivity index (χ0n) is 17.9. The Morgan fingerprint density at radius 2 is 1.71 bits per heavy atom. The quantitative estimate of drug-likeness (QED) is 0.615. The SMILES string of the molecule is CC12Cc3ccccc3CN1C(=O)C(C(=O)[B]c1ccc(C3CCCCC3)cc1)=C2O. The number of nitrogens with zero attached hydrogens (tertiary/aromatic N) is 1. The second-order valence-corrected chi connectivity index (χ2v) is 9.34. The Balaban J connectivity index is 1.35. The standard InChI is InChI=1S/C26H27BNO3/c1-26-15-19-9-5-6-10-20(19)16-28(26)25(31)22(23(26)29)24(30)27-21-13-11-18(12-14-21)17-7-3-2-4-8-17/h5-6,9-14,17,29H,2-4,7-8,15-16H2,1H3. The van der Waals surface area contributed by atoms with Crippen molar-refractivity contribution in [2.75, 3.05) is 0 Å². The summed E-state index contributed by atoms with van der Waals surface area (Å²) >= 11 is 0. The van der Waals surface area contributed by atoms with Gasteiger partial charge in [0.05, 0.1) is 0 Å². The van der Waals surface area contributed by atoms with E-state index in [4.69, 9.17) is 0 Å². The average Bonchev–Trinajstić information content (AvgIpc) is 2.98. The molecule has 5 rings (SSSR count). The maximum Gasteiger partial charge on any atom is 0.261 e. The molecule has 1 atom stereocenters. The van der Waals surface area contributed by atoms with Crippen LogP contribution in [-0.2, 0) is 22.6 Å². The molecule has 0 aromatic heterocycles. The normalized spacial score (nSPS) is 23.5. The number of fused-ring (bicyclic) bond motifs is 2. The van der Waals surface area contributed by atoms with Crippen molar-refractivity contribution < 1.29 is 14.7 Å². The van der Waals surface area contributed by atoms with Crippen molar-refractivity contribution in [1.82, 2.24) is 4.90 Å². The van der Waals surface area contributed by atoms with Crippen molar-refractivity contribution in [2.45, 2.75) is 63.5 Å². The van der Waals surface area contributed by atoms with Crippen molar-refractivity contribution in [3.63, 3.8) is 0 Å². The van der Waals surface area contributed by atoms with Crippen LogP contribution in [-0.4, -0.2) is 34.4 Å². The summed E-state index contributed by atoms with van der Waals surface area (Å²) < 4.78 is 0. The molecule has 0 spiro atoms. The van der Waals surface area contributed by atoms with Gasteiger partial charge >= 0.3 is 0 Å². The molecule has 157 valence electrons. The van der Waals surface area contributed by atoms with Crippen LogP contribution in [0.1, 0.15) is 61.6 Å². The molecule has 2 aromatic carbocycles. The van der Waals surface area contributed by atoms with E-state index < -0.39 is 11.2 Å². The predicted octanol–water partition coefficient (Wildman–Crippen LogP) is 3.76. The minimum atomic E-state index is -0.866. The summed E-state index contributed by atoms with van der Waals surface area (Å²) in [6, 6.07) is 16.0. The van der Waals surface area contributed by atoms with Crippen LogP contribution in [0.4, 0.5) is 0 Å². The lowest BCUT2D eigenvalue weighted by atomic mass is 9.63. The maximum atomic E-state index is 13.1. The molecule has 2 aliphatic heterocycles. The molecule has 31 heavy (non-hydrogen) atoms. The summed E-state index contributed by atoms with van der Waals surface area (Å²) in [7, 11) is 1.48. The number of hydrogen-bond donors (Lipinski definition) is 1. The predicted molar refractivity (Wildman–Crippen MR) is 121 cm³/mol. The Morgan fingerprint density at radius 1 is 1.03 bits per heavy atom. The molecule has 1 unspecified atom stereocenters. The average molecular weight is 412 g/mol. The summed E-state index contributed by atoms with van der Waals surface area (Å²) in [5, 5.41) is 11.0. The van der Waals surface area contributed by atoms with Gasteiger partial charge in [-0.3, -0.25) is 4.79 Å². The van der Waals surface area contributed by atoms with E-state index in [1.165, 1.54) is 44.9 Å². The Kier molecular flexibility index (Phi) is 5.00. The number of rotatable bonds is 4. The van der Waals surface area contributed by atoms with Crippen LogP contribution in [0.15, 0.2) is 59.9 Å². The highest BCUT2D eigenvalue weighted by Gasteiger charge is 2.52. The van der Waals surface area contributed by atoms with E-state index in [1.807, 2.05) is 43.3 Å². The number of amides is 1. The van der Waals surface area contributed by atoms with Crippen molar-refractivity contribution >= 4 is 24.3 Å². The number of carbonyl (C=O) groups excluding carboxylic acids is 2. The fraction of sp³-hybridized carbons (Fsp3) is 0.385. The molecule has 1 fully saturated rings. The lowest BCUT2D eigenvalue weighted by molar-refractivity contribution is -0.131. The number of carbonyl (C=O) groups is 2. The van der Waals surface area contributed by atoms with E-state index >= 15 is 0 Å². The van der Waals surface area contributed by atoms with Gasteiger partial charge in [0.25, 0.3) is 5.91 Å². The van der Waals surface area contributed by atoms with E-state index in [9.17, 15) is 14.7 Å². The van der Waals surface area contributed by atoms with Crippen LogP contribution in [0.2, 0.25) is 0 Å². The van der Waals surface area contributed by atoms with Crippen molar-refractivity contribution in [3.8, 4) is 0 Å². The molecular formula is C26H27BNO3. The molecule has 2 aromatic rings. The first-order valence-electron chi connectivity index (χ1n) is 11.3. The fourth-order valence-corrected chi connectivity index (χ4v) is 5.45. The van der Waals surface area contributed by atoms with E-state index in [1.54, 1.807) is 4.90 Å². The molecule has 5 heteroatoms. The fourth-order valence-electron chi connectivity index (χ4n) is 5.45. The Labute approximate surface area is 184 Å². The van der Waals surface area contributed by atoms with Crippen LogP contribution in [0.25, 0.3) is 0 Å². The summed E-state index contributed by atoms with van der Waals surface area (Å²) in [5.74, 6) is 0.126. The van der Waals surface area contributed by atoms with Gasteiger partial charge in [-0.05, 0) is 42.4 Å². The zero-order chi connectivity index (χ0) is 21.6. The highest BCUT2D eigenvalue weighted by Crippen LogP contribution is 2.42. The third kappa shape index (κ3) is 3.40. The molecule has 2 heterocycles. The van der Waals surface area contributed by atoms with Crippen LogP contribution in [0, 0.1) is 0 Å². The van der Waals surface area contributed by atoms with E-state index in [0.29, 0.717) is 18.9 Å². The summed E-state index contributed by atoms with van der Waals surface area (Å²) in [6.07, 6.45) is 6.86. The number of aliphatic hydroxyl groups is 1. The molecule has 1 saturated carbocycles. The van der Waals surface area contributed by atoms with Gasteiger partial charge in [-0.25, -0.2) is 0 Å².